The number of aliphatic hydroxyl groups is 2. The molecule has 10 unspecified atom stereocenters. The lowest BCUT2D eigenvalue weighted by Crippen LogP contribution is -2.58. The zero-order valence-electron chi connectivity index (χ0n) is 24.7. The molecule has 0 aliphatic heterocycles. The van der Waals surface area contributed by atoms with Crippen molar-refractivity contribution in [1.29, 1.82) is 0 Å². The van der Waals surface area contributed by atoms with Crippen molar-refractivity contribution in [3.05, 3.63) is 23.8 Å². The molecule has 4 aliphatic carbocycles. The van der Waals surface area contributed by atoms with Crippen LogP contribution in [0.25, 0.3) is 0 Å². The summed E-state index contributed by atoms with van der Waals surface area (Å²) < 4.78 is 10.7. The molecule has 0 radical (unpaired) electrons. The molecule has 4 fully saturated rings. The lowest BCUT2D eigenvalue weighted by molar-refractivity contribution is -0.174. The maximum Gasteiger partial charge on any atom is 0.220 e. The van der Waals surface area contributed by atoms with Crippen molar-refractivity contribution in [3.8, 4) is 11.5 Å². The Morgan fingerprint density at radius 3 is 2.46 bits per heavy atom. The third kappa shape index (κ3) is 5.21. The van der Waals surface area contributed by atoms with Gasteiger partial charge in [0.1, 0.15) is 0 Å². The molecular formula is C33H51NO5. The minimum Gasteiger partial charge on any atom is -0.493 e. The number of carbonyl (C=O) groups is 1. The van der Waals surface area contributed by atoms with Gasteiger partial charge in [0, 0.05) is 13.0 Å². The summed E-state index contributed by atoms with van der Waals surface area (Å²) in [7, 11) is 3.24. The molecule has 0 heterocycles. The Hall–Kier alpha value is -1.79. The van der Waals surface area contributed by atoms with Crippen LogP contribution in [0.2, 0.25) is 0 Å². The molecule has 39 heavy (non-hydrogen) atoms. The van der Waals surface area contributed by atoms with E-state index in [0.29, 0.717) is 60.0 Å². The fourth-order valence-corrected chi connectivity index (χ4v) is 10.0. The van der Waals surface area contributed by atoms with Crippen molar-refractivity contribution >= 4 is 5.91 Å². The topological polar surface area (TPSA) is 88.0 Å². The molecule has 3 N–H and O–H groups in total. The monoisotopic (exact) mass is 541 g/mol. The van der Waals surface area contributed by atoms with Crippen LogP contribution in [0.15, 0.2) is 18.2 Å². The Morgan fingerprint density at radius 1 is 1.00 bits per heavy atom. The molecule has 10 atom stereocenters. The van der Waals surface area contributed by atoms with Gasteiger partial charge >= 0.3 is 0 Å². The number of hydrogen-bond acceptors (Lipinski definition) is 5. The highest BCUT2D eigenvalue weighted by Crippen LogP contribution is 2.68. The van der Waals surface area contributed by atoms with E-state index in [9.17, 15) is 15.0 Å². The highest BCUT2D eigenvalue weighted by Gasteiger charge is 2.62. The van der Waals surface area contributed by atoms with E-state index in [2.05, 4.69) is 26.1 Å². The second kappa shape index (κ2) is 11.2. The van der Waals surface area contributed by atoms with Gasteiger partial charge in [-0.25, -0.2) is 0 Å². The first-order valence-electron chi connectivity index (χ1n) is 15.4. The van der Waals surface area contributed by atoms with Crippen LogP contribution >= 0.6 is 0 Å². The number of amides is 1. The van der Waals surface area contributed by atoms with Gasteiger partial charge in [0.25, 0.3) is 0 Å². The van der Waals surface area contributed by atoms with Crippen molar-refractivity contribution < 1.29 is 24.5 Å². The summed E-state index contributed by atoms with van der Waals surface area (Å²) in [6.45, 7) is 7.81. The fourth-order valence-electron chi connectivity index (χ4n) is 10.0. The number of benzene rings is 1. The van der Waals surface area contributed by atoms with Crippen molar-refractivity contribution in [2.24, 2.45) is 46.3 Å². The van der Waals surface area contributed by atoms with E-state index in [4.69, 9.17) is 9.47 Å². The molecule has 6 heteroatoms. The molecule has 6 nitrogen and oxygen atoms in total. The van der Waals surface area contributed by atoms with E-state index in [0.717, 1.165) is 37.7 Å². The van der Waals surface area contributed by atoms with Crippen molar-refractivity contribution in [3.63, 3.8) is 0 Å². The molecule has 1 aromatic carbocycles. The normalized spacial score (nSPS) is 40.1. The van der Waals surface area contributed by atoms with E-state index in [1.54, 1.807) is 14.2 Å². The molecule has 1 aromatic rings. The Balaban J connectivity index is 1.18. The second-order valence-electron chi connectivity index (χ2n) is 13.9. The van der Waals surface area contributed by atoms with Crippen molar-refractivity contribution in [2.45, 2.75) is 104 Å². The number of ether oxygens (including phenoxy) is 2. The van der Waals surface area contributed by atoms with Gasteiger partial charge in [-0.2, -0.15) is 0 Å². The van der Waals surface area contributed by atoms with Crippen LogP contribution in [0, 0.1) is 46.3 Å². The number of fused-ring (bicyclic) bond motifs is 5. The summed E-state index contributed by atoms with van der Waals surface area (Å²) >= 11 is 0. The largest absolute Gasteiger partial charge is 0.493 e. The number of carbonyl (C=O) groups excluding carboxylic acids is 1. The highest BCUT2D eigenvalue weighted by atomic mass is 16.5. The van der Waals surface area contributed by atoms with Gasteiger partial charge < -0.3 is 25.0 Å². The SMILES string of the molecule is COc1ccc(CNC(=O)CCC(C)C2CCC3C4C(O)CC5CC(O)CCC5(C)C4CCC23C)cc1OC. The lowest BCUT2D eigenvalue weighted by atomic mass is 9.43. The fraction of sp³-hybridized carbons (Fsp3) is 0.788. The second-order valence-corrected chi connectivity index (χ2v) is 13.9. The minimum absolute atomic E-state index is 0.0983. The first-order valence-corrected chi connectivity index (χ1v) is 15.4. The first-order chi connectivity index (χ1) is 18.6. The molecule has 0 aromatic heterocycles. The predicted molar refractivity (Wildman–Crippen MR) is 152 cm³/mol. The lowest BCUT2D eigenvalue weighted by Gasteiger charge is -2.62. The number of nitrogens with one attached hydrogen (secondary N) is 1. The van der Waals surface area contributed by atoms with Gasteiger partial charge in [-0.3, -0.25) is 4.79 Å². The summed E-state index contributed by atoms with van der Waals surface area (Å²) in [5, 5.41) is 24.9. The van der Waals surface area contributed by atoms with Gasteiger partial charge in [-0.05, 0) is 122 Å². The van der Waals surface area contributed by atoms with E-state index in [1.165, 1.54) is 25.7 Å². The predicted octanol–water partition coefficient (Wildman–Crippen LogP) is 5.73. The van der Waals surface area contributed by atoms with Gasteiger partial charge in [-0.1, -0.05) is 26.8 Å². The Morgan fingerprint density at radius 2 is 1.72 bits per heavy atom. The van der Waals surface area contributed by atoms with E-state index >= 15 is 0 Å². The van der Waals surface area contributed by atoms with Gasteiger partial charge in [0.15, 0.2) is 11.5 Å². The zero-order valence-corrected chi connectivity index (χ0v) is 24.7. The molecule has 4 aliphatic rings. The summed E-state index contributed by atoms with van der Waals surface area (Å²) in [4.78, 5) is 12.8. The third-order valence-electron chi connectivity index (χ3n) is 12.2. The average molecular weight is 542 g/mol. The first kappa shape index (κ1) is 28.7. The standard InChI is InChI=1S/C33H51NO5/c1-20(6-11-30(37)34-19-21-7-10-28(38-4)29(16-21)39-5)24-8-9-25-31-26(13-15-33(24,25)3)32(2)14-12-23(35)17-22(32)18-27(31)36/h7,10,16,20,22-27,31,35-36H,6,8-9,11-15,17-19H2,1-5H3,(H,34,37). The summed E-state index contributed by atoms with van der Waals surface area (Å²) in [6.07, 6.45) is 9.63. The van der Waals surface area contributed by atoms with Crippen LogP contribution in [0.4, 0.5) is 0 Å². The van der Waals surface area contributed by atoms with Gasteiger partial charge in [0.2, 0.25) is 5.91 Å². The highest BCUT2D eigenvalue weighted by molar-refractivity contribution is 5.75. The molecule has 5 rings (SSSR count). The molecule has 1 amide bonds. The smallest absolute Gasteiger partial charge is 0.220 e. The Kier molecular flexibility index (Phi) is 8.28. The molecule has 0 bridgehead atoms. The Bertz CT molecular complexity index is 1030. The number of hydrogen-bond donors (Lipinski definition) is 3. The Labute approximate surface area is 235 Å². The summed E-state index contributed by atoms with van der Waals surface area (Å²) in [6, 6.07) is 5.74. The third-order valence-corrected chi connectivity index (χ3v) is 12.2. The van der Waals surface area contributed by atoms with E-state index < -0.39 is 0 Å². The van der Waals surface area contributed by atoms with Crippen molar-refractivity contribution in [1.82, 2.24) is 5.32 Å². The quantitative estimate of drug-likeness (QED) is 0.391. The van der Waals surface area contributed by atoms with Crippen LogP contribution in [0.5, 0.6) is 11.5 Å². The van der Waals surface area contributed by atoms with E-state index in [-0.39, 0.29) is 28.9 Å². The molecule has 218 valence electrons. The number of rotatable bonds is 8. The molecule has 0 spiro atoms. The molecule has 4 saturated carbocycles. The summed E-state index contributed by atoms with van der Waals surface area (Å²) in [5.41, 5.74) is 1.50. The van der Waals surface area contributed by atoms with Crippen LogP contribution in [-0.4, -0.2) is 42.5 Å². The van der Waals surface area contributed by atoms with Gasteiger partial charge in [0.05, 0.1) is 26.4 Å². The number of methoxy groups -OCH3 is 2. The minimum atomic E-state index is -0.237. The average Bonchev–Trinajstić information content (AvgIpc) is 3.28. The van der Waals surface area contributed by atoms with E-state index in [1.807, 2.05) is 18.2 Å². The molecule has 0 saturated heterocycles. The molecular weight excluding hydrogens is 490 g/mol. The van der Waals surface area contributed by atoms with Gasteiger partial charge in [-0.15, -0.1) is 0 Å². The maximum absolute atomic E-state index is 12.8. The van der Waals surface area contributed by atoms with Crippen LogP contribution in [0.3, 0.4) is 0 Å². The number of aliphatic hydroxyl groups excluding tert-OH is 2. The maximum atomic E-state index is 12.8. The van der Waals surface area contributed by atoms with Crippen LogP contribution in [-0.2, 0) is 11.3 Å². The van der Waals surface area contributed by atoms with Crippen LogP contribution in [0.1, 0.15) is 90.5 Å². The summed E-state index contributed by atoms with van der Waals surface area (Å²) in [5.74, 6) is 4.54. The van der Waals surface area contributed by atoms with Crippen LogP contribution < -0.4 is 14.8 Å². The van der Waals surface area contributed by atoms with Crippen molar-refractivity contribution in [2.75, 3.05) is 14.2 Å². The zero-order chi connectivity index (χ0) is 27.9.